The van der Waals surface area contributed by atoms with E-state index in [0.717, 1.165) is 54.1 Å². The molecule has 3 heterocycles. The van der Waals surface area contributed by atoms with Gasteiger partial charge in [-0.2, -0.15) is 0 Å². The van der Waals surface area contributed by atoms with Gasteiger partial charge < -0.3 is 10.1 Å². The first-order chi connectivity index (χ1) is 15.1. The molecule has 6 nitrogen and oxygen atoms in total. The van der Waals surface area contributed by atoms with E-state index in [1.54, 1.807) is 7.11 Å². The monoisotopic (exact) mass is 437 g/mol. The third kappa shape index (κ3) is 6.24. The molecule has 0 atom stereocenters. The molecule has 1 saturated heterocycles. The molecule has 31 heavy (non-hydrogen) atoms. The molecule has 1 N–H and O–H groups in total. The number of piperidine rings is 1. The summed E-state index contributed by atoms with van der Waals surface area (Å²) in [5.74, 6) is 3.27. The van der Waals surface area contributed by atoms with Crippen molar-refractivity contribution in [3.05, 3.63) is 63.5 Å². The van der Waals surface area contributed by atoms with E-state index < -0.39 is 0 Å². The molecule has 0 aliphatic carbocycles. The summed E-state index contributed by atoms with van der Waals surface area (Å²) in [5.41, 5.74) is 2.30. The number of rotatable bonds is 8. The Bertz CT molecular complexity index is 997. The lowest BCUT2D eigenvalue weighted by atomic mass is 9.92. The molecule has 2 aromatic heterocycles. The molecule has 1 fully saturated rings. The summed E-state index contributed by atoms with van der Waals surface area (Å²) in [6.07, 6.45) is 5.47. The smallest absolute Gasteiger partial charge is 0.130 e. The highest BCUT2D eigenvalue weighted by Gasteiger charge is 2.21. The van der Waals surface area contributed by atoms with E-state index in [1.165, 1.54) is 23.3 Å². The zero-order valence-electron chi connectivity index (χ0n) is 18.6. The van der Waals surface area contributed by atoms with Crippen LogP contribution < -0.4 is 10.1 Å². The lowest BCUT2D eigenvalue weighted by Crippen LogP contribution is -2.33. The van der Waals surface area contributed by atoms with Crippen LogP contribution in [0.4, 0.5) is 5.82 Å². The van der Waals surface area contributed by atoms with E-state index >= 15 is 0 Å². The van der Waals surface area contributed by atoms with Crippen molar-refractivity contribution in [1.29, 1.82) is 0 Å². The molecule has 0 amide bonds. The zero-order chi connectivity index (χ0) is 21.6. The van der Waals surface area contributed by atoms with Crippen LogP contribution in [0.5, 0.6) is 5.75 Å². The fourth-order valence-electron chi connectivity index (χ4n) is 4.14. The van der Waals surface area contributed by atoms with Gasteiger partial charge in [-0.15, -0.1) is 11.3 Å². The number of ether oxygens (including phenoxy) is 1. The Morgan fingerprint density at radius 3 is 2.74 bits per heavy atom. The summed E-state index contributed by atoms with van der Waals surface area (Å²) in [6, 6.07) is 10.2. The predicted octanol–water partition coefficient (Wildman–Crippen LogP) is 4.63. The van der Waals surface area contributed by atoms with Crippen molar-refractivity contribution in [1.82, 2.24) is 19.9 Å². The Kier molecular flexibility index (Phi) is 7.14. The number of methoxy groups -OCH3 is 1. The summed E-state index contributed by atoms with van der Waals surface area (Å²) < 4.78 is 5.31. The molecule has 1 aliphatic rings. The van der Waals surface area contributed by atoms with E-state index in [0.29, 0.717) is 12.5 Å². The van der Waals surface area contributed by atoms with E-state index in [-0.39, 0.29) is 0 Å². The second-order valence-electron chi connectivity index (χ2n) is 8.27. The van der Waals surface area contributed by atoms with Gasteiger partial charge in [-0.1, -0.05) is 12.1 Å². The molecule has 0 radical (unpaired) electrons. The van der Waals surface area contributed by atoms with Crippen molar-refractivity contribution >= 4 is 17.2 Å². The van der Waals surface area contributed by atoms with Gasteiger partial charge in [0.25, 0.3) is 0 Å². The third-order valence-electron chi connectivity index (χ3n) is 5.75. The number of anilines is 1. The maximum Gasteiger partial charge on any atom is 0.130 e. The Hall–Kier alpha value is -2.51. The van der Waals surface area contributed by atoms with Gasteiger partial charge >= 0.3 is 0 Å². The number of benzene rings is 1. The highest BCUT2D eigenvalue weighted by Crippen LogP contribution is 2.24. The SMILES string of the molecule is COc1cccc(CNc2cc(CC3CCN(Cc4cnc(C)s4)CC3)nc(C)n2)c1. The van der Waals surface area contributed by atoms with Crippen LogP contribution in [-0.4, -0.2) is 40.1 Å². The number of aromatic nitrogens is 3. The van der Waals surface area contributed by atoms with Gasteiger partial charge in [0.05, 0.1) is 12.1 Å². The van der Waals surface area contributed by atoms with Crippen LogP contribution in [0.25, 0.3) is 0 Å². The largest absolute Gasteiger partial charge is 0.497 e. The standard InChI is InChI=1S/C24H31N5OS/c1-17-27-21(13-24(28-17)26-14-20-5-4-6-22(12-20)30-3)11-19-7-9-29(10-8-19)16-23-15-25-18(2)31-23/h4-6,12-13,15,19H,7-11,14,16H2,1-3H3,(H,26,27,28). The first kappa shape index (κ1) is 21.7. The molecule has 164 valence electrons. The first-order valence-electron chi connectivity index (χ1n) is 10.9. The van der Waals surface area contributed by atoms with Crippen LogP contribution in [0.15, 0.2) is 36.5 Å². The normalized spacial score (nSPS) is 15.2. The van der Waals surface area contributed by atoms with Crippen molar-refractivity contribution in [3.63, 3.8) is 0 Å². The molecule has 3 aromatic rings. The fourth-order valence-corrected chi connectivity index (χ4v) is 4.98. The average molecular weight is 438 g/mol. The van der Waals surface area contributed by atoms with Crippen LogP contribution in [0.1, 0.15) is 39.8 Å². The van der Waals surface area contributed by atoms with Crippen molar-refractivity contribution < 1.29 is 4.74 Å². The summed E-state index contributed by atoms with van der Waals surface area (Å²) in [6.45, 7) is 8.08. The Morgan fingerprint density at radius 2 is 2.00 bits per heavy atom. The maximum absolute atomic E-state index is 5.31. The van der Waals surface area contributed by atoms with E-state index in [4.69, 9.17) is 9.72 Å². The van der Waals surface area contributed by atoms with Crippen LogP contribution in [-0.2, 0) is 19.5 Å². The van der Waals surface area contributed by atoms with Crippen LogP contribution in [0, 0.1) is 19.8 Å². The first-order valence-corrected chi connectivity index (χ1v) is 11.7. The predicted molar refractivity (Wildman–Crippen MR) is 126 cm³/mol. The summed E-state index contributed by atoms with van der Waals surface area (Å²) >= 11 is 1.81. The van der Waals surface area contributed by atoms with Crippen molar-refractivity contribution in [2.24, 2.45) is 5.92 Å². The number of nitrogens with zero attached hydrogens (tertiary/aromatic N) is 4. The van der Waals surface area contributed by atoms with Crippen LogP contribution >= 0.6 is 11.3 Å². The molecule has 4 rings (SSSR count). The van der Waals surface area contributed by atoms with Gasteiger partial charge in [0, 0.05) is 35.9 Å². The molecule has 0 bridgehead atoms. The Balaban J connectivity index is 1.30. The number of likely N-dealkylation sites (tertiary alicyclic amines) is 1. The molecule has 0 unspecified atom stereocenters. The van der Waals surface area contributed by atoms with E-state index in [9.17, 15) is 0 Å². The molecule has 1 aliphatic heterocycles. The number of thiazole rings is 1. The number of nitrogens with one attached hydrogen (secondary N) is 1. The second kappa shape index (κ2) is 10.2. The second-order valence-corrected chi connectivity index (χ2v) is 9.59. The van der Waals surface area contributed by atoms with E-state index in [2.05, 4.69) is 39.2 Å². The minimum atomic E-state index is 0.681. The van der Waals surface area contributed by atoms with Gasteiger partial charge in [-0.25, -0.2) is 15.0 Å². The Morgan fingerprint density at radius 1 is 1.16 bits per heavy atom. The fraction of sp³-hybridized carbons (Fsp3) is 0.458. The number of hydrogen-bond acceptors (Lipinski definition) is 7. The molecule has 0 saturated carbocycles. The van der Waals surface area contributed by atoms with Gasteiger partial charge in [-0.3, -0.25) is 4.90 Å². The van der Waals surface area contributed by atoms with Crippen LogP contribution in [0.3, 0.4) is 0 Å². The van der Waals surface area contributed by atoms with Crippen molar-refractivity contribution in [3.8, 4) is 5.75 Å². The summed E-state index contributed by atoms with van der Waals surface area (Å²) in [4.78, 5) is 17.6. The van der Waals surface area contributed by atoms with Gasteiger partial charge in [-0.05, 0) is 69.8 Å². The number of hydrogen-bond donors (Lipinski definition) is 1. The quantitative estimate of drug-likeness (QED) is 0.555. The summed E-state index contributed by atoms with van der Waals surface area (Å²) in [7, 11) is 1.69. The summed E-state index contributed by atoms with van der Waals surface area (Å²) in [5, 5.41) is 4.60. The molecule has 7 heteroatoms. The zero-order valence-corrected chi connectivity index (χ0v) is 19.4. The minimum Gasteiger partial charge on any atom is -0.497 e. The Labute approximate surface area is 188 Å². The van der Waals surface area contributed by atoms with Crippen LogP contribution in [0.2, 0.25) is 0 Å². The van der Waals surface area contributed by atoms with Gasteiger partial charge in [0.15, 0.2) is 0 Å². The highest BCUT2D eigenvalue weighted by molar-refractivity contribution is 7.11. The molecular weight excluding hydrogens is 406 g/mol. The van der Waals surface area contributed by atoms with Gasteiger partial charge in [0.1, 0.15) is 17.4 Å². The molecule has 0 spiro atoms. The van der Waals surface area contributed by atoms with Gasteiger partial charge in [0.2, 0.25) is 0 Å². The lowest BCUT2D eigenvalue weighted by Gasteiger charge is -2.31. The third-order valence-corrected chi connectivity index (χ3v) is 6.65. The average Bonchev–Trinajstić information content (AvgIpc) is 3.18. The lowest BCUT2D eigenvalue weighted by molar-refractivity contribution is 0.177. The minimum absolute atomic E-state index is 0.681. The van der Waals surface area contributed by atoms with Crippen molar-refractivity contribution in [2.75, 3.05) is 25.5 Å². The van der Waals surface area contributed by atoms with E-state index in [1.807, 2.05) is 42.7 Å². The number of aryl methyl sites for hydroxylation is 2. The van der Waals surface area contributed by atoms with Crippen molar-refractivity contribution in [2.45, 2.75) is 46.2 Å². The topological polar surface area (TPSA) is 63.2 Å². The molecular formula is C24H31N5OS. The maximum atomic E-state index is 5.31. The molecule has 1 aromatic carbocycles. The highest BCUT2D eigenvalue weighted by atomic mass is 32.1.